The van der Waals surface area contributed by atoms with Crippen molar-refractivity contribution in [2.45, 2.75) is 46.7 Å². The molecule has 0 N–H and O–H groups in total. The highest BCUT2D eigenvalue weighted by molar-refractivity contribution is 6.15. The van der Waals surface area contributed by atoms with Crippen LogP contribution in [0.2, 0.25) is 0 Å². The lowest BCUT2D eigenvalue weighted by molar-refractivity contribution is 0.185. The molecule has 0 saturated carbocycles. The minimum absolute atomic E-state index is 0.690. The maximum absolute atomic E-state index is 4.64. The smallest absolute Gasteiger partial charge is 0.0108 e. The van der Waals surface area contributed by atoms with Gasteiger partial charge in [0.15, 0.2) is 0 Å². The molecule has 0 aliphatic rings. The molecule has 0 aromatic carbocycles. The molecule has 0 amide bonds. The van der Waals surface area contributed by atoms with Gasteiger partial charge in [0.25, 0.3) is 0 Å². The van der Waals surface area contributed by atoms with Crippen molar-refractivity contribution >= 4 is 11.6 Å². The molecule has 0 aliphatic carbocycles. The van der Waals surface area contributed by atoms with Crippen molar-refractivity contribution in [1.29, 1.82) is 0 Å². The Morgan fingerprint density at radius 3 is 1.27 bits per heavy atom. The van der Waals surface area contributed by atoms with Crippen molar-refractivity contribution in [2.75, 3.05) is 12.9 Å². The third-order valence-corrected chi connectivity index (χ3v) is 1.69. The predicted octanol–water partition coefficient (Wildman–Crippen LogP) is 2.98. The van der Waals surface area contributed by atoms with Crippen LogP contribution >= 0.6 is 11.6 Å². The molecule has 0 aliphatic heterocycles. The first-order valence-corrected chi connectivity index (χ1v) is 4.98. The Morgan fingerprint density at radius 1 is 1.00 bits per heavy atom. The van der Waals surface area contributed by atoms with Crippen molar-refractivity contribution in [2.24, 2.45) is 0 Å². The van der Waals surface area contributed by atoms with E-state index in [1.165, 1.54) is 6.38 Å². The molecule has 0 aromatic heterocycles. The minimum Gasteiger partial charge on any atom is -0.299 e. The van der Waals surface area contributed by atoms with Crippen molar-refractivity contribution < 1.29 is 0 Å². The van der Waals surface area contributed by atoms with Crippen LogP contribution in [0.15, 0.2) is 0 Å². The van der Waals surface area contributed by atoms with Crippen LogP contribution in [0, 0.1) is 0 Å². The normalized spacial score (nSPS) is 10.4. The summed E-state index contributed by atoms with van der Waals surface area (Å²) in [4.78, 5) is 2.46. The minimum atomic E-state index is 0.690. The zero-order chi connectivity index (χ0) is 9.44. The monoisotopic (exact) mass is 179 g/mol. The van der Waals surface area contributed by atoms with Crippen LogP contribution in [0.1, 0.15) is 34.6 Å². The summed E-state index contributed by atoms with van der Waals surface area (Å²) in [6.45, 7) is 12.3. The van der Waals surface area contributed by atoms with Gasteiger partial charge in [-0.3, -0.25) is 4.90 Å². The maximum Gasteiger partial charge on any atom is 0.0108 e. The summed E-state index contributed by atoms with van der Waals surface area (Å²) in [5.74, 6) is 0. The van der Waals surface area contributed by atoms with Gasteiger partial charge in [-0.1, -0.05) is 6.92 Å². The van der Waals surface area contributed by atoms with E-state index < -0.39 is 0 Å². The van der Waals surface area contributed by atoms with Crippen molar-refractivity contribution in [3.63, 3.8) is 0 Å². The van der Waals surface area contributed by atoms with Crippen LogP contribution in [0.25, 0.3) is 0 Å². The molecule has 11 heavy (non-hydrogen) atoms. The fraction of sp³-hybridized carbons (Fsp3) is 1.00. The molecular weight excluding hydrogens is 158 g/mol. The molecule has 0 aromatic rings. The summed E-state index contributed by atoms with van der Waals surface area (Å²) < 4.78 is 0. The number of rotatable bonds is 3. The molecule has 0 atom stereocenters. The van der Waals surface area contributed by atoms with Gasteiger partial charge in [-0.25, -0.2) is 0 Å². The highest BCUT2D eigenvalue weighted by atomic mass is 35.5. The molecule has 0 saturated heterocycles. The van der Waals surface area contributed by atoms with E-state index in [2.05, 4.69) is 51.1 Å². The molecule has 0 bridgehead atoms. The number of halogens is 1. The molecule has 0 unspecified atom stereocenters. The van der Waals surface area contributed by atoms with Crippen LogP contribution < -0.4 is 0 Å². The third kappa shape index (κ3) is 6.64. The van der Waals surface area contributed by atoms with E-state index in [9.17, 15) is 0 Å². The van der Waals surface area contributed by atoms with Crippen LogP contribution in [-0.4, -0.2) is 29.9 Å². The van der Waals surface area contributed by atoms with Gasteiger partial charge in [0.1, 0.15) is 0 Å². The zero-order valence-electron chi connectivity index (χ0n) is 8.69. The standard InChI is InChI=1S/C8H19N.CH3Cl/c1-6-9(7(2)3)8(4)5;1-2/h7-8H,6H2,1-5H3;1H3. The highest BCUT2D eigenvalue weighted by Crippen LogP contribution is 2.02. The molecule has 1 nitrogen and oxygen atoms in total. The van der Waals surface area contributed by atoms with Crippen molar-refractivity contribution in [3.8, 4) is 0 Å². The van der Waals surface area contributed by atoms with Gasteiger partial charge >= 0.3 is 0 Å². The van der Waals surface area contributed by atoms with Gasteiger partial charge < -0.3 is 0 Å². The van der Waals surface area contributed by atoms with Gasteiger partial charge in [-0.2, -0.15) is 0 Å². The van der Waals surface area contributed by atoms with Gasteiger partial charge in [-0.15, -0.1) is 11.6 Å². The van der Waals surface area contributed by atoms with Gasteiger partial charge in [0.05, 0.1) is 0 Å². The Labute approximate surface area is 76.7 Å². The number of nitrogens with zero attached hydrogens (tertiary/aromatic N) is 1. The number of hydrogen-bond acceptors (Lipinski definition) is 1. The molecule has 0 radical (unpaired) electrons. The van der Waals surface area contributed by atoms with E-state index in [0.717, 1.165) is 6.54 Å². The lowest BCUT2D eigenvalue weighted by atomic mass is 10.2. The predicted molar refractivity (Wildman–Crippen MR) is 54.4 cm³/mol. The summed E-state index contributed by atoms with van der Waals surface area (Å²) >= 11 is 4.64. The highest BCUT2D eigenvalue weighted by Gasteiger charge is 2.08. The van der Waals surface area contributed by atoms with E-state index in [-0.39, 0.29) is 0 Å². The lowest BCUT2D eigenvalue weighted by Crippen LogP contribution is -2.36. The van der Waals surface area contributed by atoms with Crippen LogP contribution in [-0.2, 0) is 0 Å². The zero-order valence-corrected chi connectivity index (χ0v) is 9.44. The number of alkyl halides is 1. The molecule has 0 rings (SSSR count). The van der Waals surface area contributed by atoms with Crippen LogP contribution in [0.4, 0.5) is 0 Å². The number of hydrogen-bond donors (Lipinski definition) is 0. The van der Waals surface area contributed by atoms with Crippen molar-refractivity contribution in [3.05, 3.63) is 0 Å². The Kier molecular flexibility index (Phi) is 10.5. The molecule has 0 heterocycles. The Balaban J connectivity index is 0. The van der Waals surface area contributed by atoms with E-state index in [1.54, 1.807) is 0 Å². The van der Waals surface area contributed by atoms with Crippen LogP contribution in [0.5, 0.6) is 0 Å². The summed E-state index contributed by atoms with van der Waals surface area (Å²) in [7, 11) is 0. The van der Waals surface area contributed by atoms with Crippen LogP contribution in [0.3, 0.4) is 0 Å². The topological polar surface area (TPSA) is 3.24 Å². The second kappa shape index (κ2) is 8.35. The summed E-state index contributed by atoms with van der Waals surface area (Å²) in [5.41, 5.74) is 0. The molecule has 70 valence electrons. The first-order valence-electron chi connectivity index (χ1n) is 4.23. The third-order valence-electron chi connectivity index (χ3n) is 1.69. The summed E-state index contributed by atoms with van der Waals surface area (Å²) in [6.07, 6.45) is 1.47. The van der Waals surface area contributed by atoms with Gasteiger partial charge in [0.2, 0.25) is 0 Å². The fourth-order valence-corrected chi connectivity index (χ4v) is 1.33. The van der Waals surface area contributed by atoms with E-state index in [1.807, 2.05) is 0 Å². The lowest BCUT2D eigenvalue weighted by Gasteiger charge is -2.28. The average molecular weight is 180 g/mol. The molecule has 2 heteroatoms. The Hall–Kier alpha value is 0.250. The second-order valence-corrected chi connectivity index (χ2v) is 3.02. The quantitative estimate of drug-likeness (QED) is 0.603. The Bertz CT molecular complexity index is 64.0. The summed E-state index contributed by atoms with van der Waals surface area (Å²) in [6, 6.07) is 1.38. The van der Waals surface area contributed by atoms with E-state index >= 15 is 0 Å². The molecule has 0 spiro atoms. The van der Waals surface area contributed by atoms with E-state index in [0.29, 0.717) is 12.1 Å². The summed E-state index contributed by atoms with van der Waals surface area (Å²) in [5, 5.41) is 0. The Morgan fingerprint density at radius 2 is 1.27 bits per heavy atom. The maximum atomic E-state index is 4.64. The SMILES string of the molecule is CCN(C(C)C)C(C)C.CCl. The van der Waals surface area contributed by atoms with Crippen molar-refractivity contribution in [1.82, 2.24) is 4.90 Å². The first kappa shape index (κ1) is 13.8. The molecule has 0 fully saturated rings. The van der Waals surface area contributed by atoms with Gasteiger partial charge in [-0.05, 0) is 34.2 Å². The fourth-order valence-electron chi connectivity index (χ4n) is 1.33. The first-order chi connectivity index (χ1) is 5.09. The average Bonchev–Trinajstić information content (AvgIpc) is 1.91. The molecular formula is C9H22ClN. The van der Waals surface area contributed by atoms with Gasteiger partial charge in [0, 0.05) is 18.5 Å². The second-order valence-electron chi connectivity index (χ2n) is 3.02. The van der Waals surface area contributed by atoms with E-state index in [4.69, 9.17) is 0 Å². The largest absolute Gasteiger partial charge is 0.299 e.